The second-order valence-corrected chi connectivity index (χ2v) is 3.64. The Morgan fingerprint density at radius 3 is 2.47 bits per heavy atom. The second kappa shape index (κ2) is 4.32. The summed E-state index contributed by atoms with van der Waals surface area (Å²) in [4.78, 5) is 0. The highest BCUT2D eigenvalue weighted by Crippen LogP contribution is 2.19. The molecule has 0 aliphatic carbocycles. The van der Waals surface area contributed by atoms with Crippen molar-refractivity contribution < 1.29 is 9.52 Å². The maximum atomic E-state index is 9.92. The summed E-state index contributed by atoms with van der Waals surface area (Å²) in [7, 11) is 0. The molecule has 1 N–H and O–H groups in total. The lowest BCUT2D eigenvalue weighted by Crippen LogP contribution is -2.00. The molecule has 1 atom stereocenters. The largest absolute Gasteiger partial charge is 0.466 e. The van der Waals surface area contributed by atoms with Crippen LogP contribution in [0.15, 0.2) is 46.9 Å². The average Bonchev–Trinajstić information content (AvgIpc) is 2.65. The van der Waals surface area contributed by atoms with Crippen LogP contribution in [0.2, 0.25) is 0 Å². The smallest absolute Gasteiger partial charge is 0.107 e. The van der Waals surface area contributed by atoms with E-state index in [9.17, 15) is 5.11 Å². The van der Waals surface area contributed by atoms with Gasteiger partial charge in [-0.1, -0.05) is 30.3 Å². The first-order chi connectivity index (χ1) is 7.25. The van der Waals surface area contributed by atoms with E-state index in [1.165, 1.54) is 0 Å². The number of aryl methyl sites for hydroxylation is 1. The highest BCUT2D eigenvalue weighted by molar-refractivity contribution is 5.19. The molecule has 1 heterocycles. The summed E-state index contributed by atoms with van der Waals surface area (Å²) in [5.41, 5.74) is 0.923. The van der Waals surface area contributed by atoms with E-state index in [0.29, 0.717) is 6.42 Å². The molecule has 15 heavy (non-hydrogen) atoms. The highest BCUT2D eigenvalue weighted by atomic mass is 16.3. The SMILES string of the molecule is Cc1ccc(CC(O)c2ccccc2)o1. The van der Waals surface area contributed by atoms with E-state index in [2.05, 4.69) is 0 Å². The van der Waals surface area contributed by atoms with E-state index in [1.54, 1.807) is 0 Å². The minimum Gasteiger partial charge on any atom is -0.466 e. The summed E-state index contributed by atoms with van der Waals surface area (Å²) in [6, 6.07) is 13.4. The normalized spacial score (nSPS) is 12.7. The lowest BCUT2D eigenvalue weighted by Gasteiger charge is -2.08. The summed E-state index contributed by atoms with van der Waals surface area (Å²) >= 11 is 0. The zero-order chi connectivity index (χ0) is 10.7. The fourth-order valence-corrected chi connectivity index (χ4v) is 1.58. The van der Waals surface area contributed by atoms with Crippen LogP contribution >= 0.6 is 0 Å². The Bertz CT molecular complexity index is 417. The molecule has 2 aromatic rings. The van der Waals surface area contributed by atoms with Crippen molar-refractivity contribution in [3.8, 4) is 0 Å². The Morgan fingerprint density at radius 1 is 1.13 bits per heavy atom. The third-order valence-electron chi connectivity index (χ3n) is 2.37. The van der Waals surface area contributed by atoms with Gasteiger partial charge in [0.25, 0.3) is 0 Å². The number of aliphatic hydroxyl groups is 1. The van der Waals surface area contributed by atoms with Gasteiger partial charge in [0.05, 0.1) is 6.10 Å². The van der Waals surface area contributed by atoms with Crippen LogP contribution in [-0.2, 0) is 6.42 Å². The summed E-state index contributed by atoms with van der Waals surface area (Å²) in [5.74, 6) is 1.70. The molecule has 2 nitrogen and oxygen atoms in total. The molecule has 0 aliphatic heterocycles. The number of aliphatic hydroxyl groups excluding tert-OH is 1. The van der Waals surface area contributed by atoms with Crippen LogP contribution in [0.3, 0.4) is 0 Å². The van der Waals surface area contributed by atoms with Crippen molar-refractivity contribution in [2.24, 2.45) is 0 Å². The van der Waals surface area contributed by atoms with E-state index < -0.39 is 6.10 Å². The van der Waals surface area contributed by atoms with Crippen LogP contribution in [-0.4, -0.2) is 5.11 Å². The summed E-state index contributed by atoms with van der Waals surface area (Å²) in [6.07, 6.45) is 0.0365. The Morgan fingerprint density at radius 2 is 1.87 bits per heavy atom. The minimum absolute atomic E-state index is 0.489. The number of benzene rings is 1. The number of rotatable bonds is 3. The molecule has 1 aromatic carbocycles. The Hall–Kier alpha value is -1.54. The molecule has 78 valence electrons. The van der Waals surface area contributed by atoms with Crippen LogP contribution in [0, 0.1) is 6.92 Å². The first-order valence-corrected chi connectivity index (χ1v) is 5.04. The van der Waals surface area contributed by atoms with Gasteiger partial charge in [-0.3, -0.25) is 0 Å². The first kappa shape index (κ1) is 9.99. The number of furan rings is 1. The molecule has 0 saturated heterocycles. The standard InChI is InChI=1S/C13H14O2/c1-10-7-8-12(15-10)9-13(14)11-5-3-2-4-6-11/h2-8,13-14H,9H2,1H3. The van der Waals surface area contributed by atoms with Gasteiger partial charge in [-0.05, 0) is 24.6 Å². The van der Waals surface area contributed by atoms with Crippen molar-refractivity contribution in [2.45, 2.75) is 19.4 Å². The molecule has 0 bridgehead atoms. The van der Waals surface area contributed by atoms with E-state index >= 15 is 0 Å². The fraction of sp³-hybridized carbons (Fsp3) is 0.231. The molecule has 0 amide bonds. The molecule has 0 saturated carbocycles. The van der Waals surface area contributed by atoms with Gasteiger partial charge < -0.3 is 9.52 Å². The van der Waals surface area contributed by atoms with Gasteiger partial charge in [0.2, 0.25) is 0 Å². The predicted octanol–water partition coefficient (Wildman–Crippen LogP) is 2.86. The topological polar surface area (TPSA) is 33.4 Å². The van der Waals surface area contributed by atoms with Crippen molar-refractivity contribution in [1.29, 1.82) is 0 Å². The molecule has 0 aliphatic rings. The summed E-state index contributed by atoms with van der Waals surface area (Å²) in [5, 5.41) is 9.92. The molecule has 0 radical (unpaired) electrons. The fourth-order valence-electron chi connectivity index (χ4n) is 1.58. The van der Waals surface area contributed by atoms with Gasteiger partial charge in [-0.25, -0.2) is 0 Å². The zero-order valence-corrected chi connectivity index (χ0v) is 8.68. The molecule has 1 aromatic heterocycles. The molecule has 1 unspecified atom stereocenters. The molecular formula is C13H14O2. The Labute approximate surface area is 89.2 Å². The average molecular weight is 202 g/mol. The van der Waals surface area contributed by atoms with Gasteiger partial charge in [-0.15, -0.1) is 0 Å². The monoisotopic (exact) mass is 202 g/mol. The Kier molecular flexibility index (Phi) is 2.88. The maximum absolute atomic E-state index is 9.92. The van der Waals surface area contributed by atoms with Crippen LogP contribution in [0.4, 0.5) is 0 Å². The van der Waals surface area contributed by atoms with Crippen molar-refractivity contribution >= 4 is 0 Å². The molecule has 0 spiro atoms. The summed E-state index contributed by atoms with van der Waals surface area (Å²) < 4.78 is 5.42. The summed E-state index contributed by atoms with van der Waals surface area (Å²) in [6.45, 7) is 1.90. The number of hydrogen-bond donors (Lipinski definition) is 1. The first-order valence-electron chi connectivity index (χ1n) is 5.04. The van der Waals surface area contributed by atoms with Gasteiger partial charge in [0.1, 0.15) is 11.5 Å². The van der Waals surface area contributed by atoms with Crippen molar-refractivity contribution in [3.05, 3.63) is 59.5 Å². The number of hydrogen-bond acceptors (Lipinski definition) is 2. The van der Waals surface area contributed by atoms with Crippen molar-refractivity contribution in [3.63, 3.8) is 0 Å². The molecule has 2 rings (SSSR count). The second-order valence-electron chi connectivity index (χ2n) is 3.64. The van der Waals surface area contributed by atoms with E-state index in [1.807, 2.05) is 49.4 Å². The van der Waals surface area contributed by atoms with Crippen molar-refractivity contribution in [1.82, 2.24) is 0 Å². The van der Waals surface area contributed by atoms with Crippen molar-refractivity contribution in [2.75, 3.05) is 0 Å². The predicted molar refractivity (Wildman–Crippen MR) is 58.6 cm³/mol. The molecular weight excluding hydrogens is 188 g/mol. The van der Waals surface area contributed by atoms with Gasteiger partial charge >= 0.3 is 0 Å². The molecule has 0 fully saturated rings. The van der Waals surface area contributed by atoms with E-state index in [4.69, 9.17) is 4.42 Å². The van der Waals surface area contributed by atoms with Crippen LogP contribution < -0.4 is 0 Å². The van der Waals surface area contributed by atoms with Gasteiger partial charge in [0, 0.05) is 6.42 Å². The highest BCUT2D eigenvalue weighted by Gasteiger charge is 2.09. The van der Waals surface area contributed by atoms with E-state index in [-0.39, 0.29) is 0 Å². The lowest BCUT2D eigenvalue weighted by atomic mass is 10.1. The van der Waals surface area contributed by atoms with Gasteiger partial charge in [0.15, 0.2) is 0 Å². The lowest BCUT2D eigenvalue weighted by molar-refractivity contribution is 0.170. The van der Waals surface area contributed by atoms with Crippen LogP contribution in [0.5, 0.6) is 0 Å². The van der Waals surface area contributed by atoms with E-state index in [0.717, 1.165) is 17.1 Å². The van der Waals surface area contributed by atoms with Crippen LogP contribution in [0.25, 0.3) is 0 Å². The Balaban J connectivity index is 2.07. The maximum Gasteiger partial charge on any atom is 0.107 e. The van der Waals surface area contributed by atoms with Gasteiger partial charge in [-0.2, -0.15) is 0 Å². The van der Waals surface area contributed by atoms with Crippen LogP contribution in [0.1, 0.15) is 23.2 Å². The third-order valence-corrected chi connectivity index (χ3v) is 2.37. The molecule has 2 heteroatoms. The quantitative estimate of drug-likeness (QED) is 0.830. The minimum atomic E-state index is -0.489. The zero-order valence-electron chi connectivity index (χ0n) is 8.68. The third kappa shape index (κ3) is 2.48.